The van der Waals surface area contributed by atoms with Crippen LogP contribution in [-0.2, 0) is 17.8 Å². The van der Waals surface area contributed by atoms with Crippen LogP contribution in [0.15, 0.2) is 48.8 Å². The van der Waals surface area contributed by atoms with Crippen molar-refractivity contribution in [3.05, 3.63) is 60.2 Å². The molecule has 11 heteroatoms. The molecule has 2 aliphatic heterocycles. The molecule has 2 fully saturated rings. The smallest absolute Gasteiger partial charge is 0.410 e. The van der Waals surface area contributed by atoms with E-state index in [4.69, 9.17) is 9.72 Å². The molecule has 244 valence electrons. The number of rotatable bonds is 9. The SMILES string of the molecule is C[C@H]1CCCN1Cc1nc2cc(NC(=O)c3ccc(-c4ncn(CCCC5CCN(C(=O)OC(C)(C)C)CC5)n4)cc3)ccc2[nH]1. The number of aryl methyl sites for hydroxylation is 1. The van der Waals surface area contributed by atoms with Crippen LogP contribution in [0.5, 0.6) is 0 Å². The number of amides is 2. The van der Waals surface area contributed by atoms with E-state index in [1.807, 2.05) is 60.7 Å². The zero-order valence-electron chi connectivity index (χ0n) is 27.5. The van der Waals surface area contributed by atoms with E-state index in [1.54, 1.807) is 18.5 Å². The maximum absolute atomic E-state index is 13.0. The van der Waals surface area contributed by atoms with E-state index in [2.05, 4.69) is 32.2 Å². The molecule has 0 bridgehead atoms. The first-order valence-corrected chi connectivity index (χ1v) is 16.6. The number of anilines is 1. The highest BCUT2D eigenvalue weighted by Crippen LogP contribution is 2.25. The maximum Gasteiger partial charge on any atom is 0.410 e. The van der Waals surface area contributed by atoms with Crippen LogP contribution in [0.4, 0.5) is 10.5 Å². The van der Waals surface area contributed by atoms with Crippen LogP contribution < -0.4 is 5.32 Å². The van der Waals surface area contributed by atoms with Crippen LogP contribution >= 0.6 is 0 Å². The van der Waals surface area contributed by atoms with Gasteiger partial charge in [-0.25, -0.2) is 14.8 Å². The first kappa shape index (κ1) is 31.7. The third-order valence-electron chi connectivity index (χ3n) is 9.04. The van der Waals surface area contributed by atoms with E-state index in [-0.39, 0.29) is 12.0 Å². The van der Waals surface area contributed by atoms with Gasteiger partial charge >= 0.3 is 6.09 Å². The third-order valence-corrected chi connectivity index (χ3v) is 9.04. The van der Waals surface area contributed by atoms with E-state index in [9.17, 15) is 9.59 Å². The average molecular weight is 627 g/mol. The first-order chi connectivity index (χ1) is 22.1. The standard InChI is InChI=1S/C35H46N8O3/c1-24-7-5-17-42(24)22-31-38-29-14-13-28(21-30(29)39-31)37-33(44)27-11-9-26(10-12-27)32-36-23-43(40-32)18-6-8-25-15-19-41(20-16-25)34(45)46-35(2,3)4/h9-14,21,23-25H,5-8,15-20,22H2,1-4H3,(H,37,44)(H,38,39)/t24-/m0/s1. The molecular formula is C35H46N8O3. The number of H-pyrrole nitrogens is 1. The summed E-state index contributed by atoms with van der Waals surface area (Å²) in [6.45, 7) is 12.2. The molecule has 4 aromatic rings. The molecule has 2 saturated heterocycles. The van der Waals surface area contributed by atoms with Crippen molar-refractivity contribution in [3.8, 4) is 11.4 Å². The molecule has 0 aliphatic carbocycles. The average Bonchev–Trinajstić information content (AvgIpc) is 3.77. The number of hydrogen-bond donors (Lipinski definition) is 2. The van der Waals surface area contributed by atoms with Gasteiger partial charge < -0.3 is 19.9 Å². The number of fused-ring (bicyclic) bond motifs is 1. The second-order valence-corrected chi connectivity index (χ2v) is 13.8. The summed E-state index contributed by atoms with van der Waals surface area (Å²) in [4.78, 5) is 42.3. The van der Waals surface area contributed by atoms with Crippen molar-refractivity contribution >= 4 is 28.7 Å². The Hall–Kier alpha value is -4.25. The Morgan fingerprint density at radius 1 is 1.04 bits per heavy atom. The Balaban J connectivity index is 0.964. The molecule has 0 spiro atoms. The second-order valence-electron chi connectivity index (χ2n) is 13.8. The van der Waals surface area contributed by atoms with Gasteiger partial charge in [0.15, 0.2) is 5.82 Å². The number of likely N-dealkylation sites (tertiary alicyclic amines) is 2. The van der Waals surface area contributed by atoms with Crippen LogP contribution in [0.25, 0.3) is 22.4 Å². The van der Waals surface area contributed by atoms with E-state index >= 15 is 0 Å². The lowest BCUT2D eigenvalue weighted by molar-refractivity contribution is 0.0180. The van der Waals surface area contributed by atoms with Gasteiger partial charge in [-0.15, -0.1) is 0 Å². The molecule has 11 nitrogen and oxygen atoms in total. The molecular weight excluding hydrogens is 580 g/mol. The number of carbonyl (C=O) groups excluding carboxylic acids is 2. The summed E-state index contributed by atoms with van der Waals surface area (Å²) < 4.78 is 7.39. The van der Waals surface area contributed by atoms with Crippen molar-refractivity contribution in [1.82, 2.24) is 34.5 Å². The van der Waals surface area contributed by atoms with Gasteiger partial charge in [-0.3, -0.25) is 14.4 Å². The molecule has 2 aromatic heterocycles. The van der Waals surface area contributed by atoms with Crippen molar-refractivity contribution in [2.24, 2.45) is 5.92 Å². The summed E-state index contributed by atoms with van der Waals surface area (Å²) in [7, 11) is 0. The lowest BCUT2D eigenvalue weighted by Gasteiger charge is -2.33. The largest absolute Gasteiger partial charge is 0.444 e. The van der Waals surface area contributed by atoms with Crippen LogP contribution in [-0.4, -0.2) is 77.8 Å². The van der Waals surface area contributed by atoms with Crippen LogP contribution in [0.3, 0.4) is 0 Å². The van der Waals surface area contributed by atoms with Crippen molar-refractivity contribution in [1.29, 1.82) is 0 Å². The Labute approximate surface area is 270 Å². The fourth-order valence-electron chi connectivity index (χ4n) is 6.41. The molecule has 4 heterocycles. The number of aromatic amines is 1. The van der Waals surface area contributed by atoms with Gasteiger partial charge in [0.1, 0.15) is 17.8 Å². The van der Waals surface area contributed by atoms with Crippen molar-refractivity contribution in [3.63, 3.8) is 0 Å². The summed E-state index contributed by atoms with van der Waals surface area (Å²) in [6.07, 6.45) is 8.12. The predicted octanol–water partition coefficient (Wildman–Crippen LogP) is 6.49. The third kappa shape index (κ3) is 7.93. The number of piperidine rings is 1. The van der Waals surface area contributed by atoms with Gasteiger partial charge in [-0.1, -0.05) is 12.1 Å². The van der Waals surface area contributed by atoms with E-state index in [0.29, 0.717) is 29.0 Å². The van der Waals surface area contributed by atoms with Gasteiger partial charge in [-0.2, -0.15) is 5.10 Å². The number of aromatic nitrogens is 5. The number of hydrogen-bond acceptors (Lipinski definition) is 7. The molecule has 2 amide bonds. The van der Waals surface area contributed by atoms with Crippen LogP contribution in [0.1, 0.15) is 82.4 Å². The predicted molar refractivity (Wildman–Crippen MR) is 178 cm³/mol. The topological polar surface area (TPSA) is 121 Å². The fraction of sp³-hybridized carbons (Fsp3) is 0.514. The zero-order chi connectivity index (χ0) is 32.3. The number of benzene rings is 2. The molecule has 0 radical (unpaired) electrons. The van der Waals surface area contributed by atoms with Gasteiger partial charge in [0.05, 0.1) is 17.6 Å². The van der Waals surface area contributed by atoms with Crippen LogP contribution in [0, 0.1) is 5.92 Å². The number of imidazole rings is 1. The second kappa shape index (κ2) is 13.6. The highest BCUT2D eigenvalue weighted by atomic mass is 16.6. The first-order valence-electron chi connectivity index (χ1n) is 16.6. The minimum atomic E-state index is -0.463. The summed E-state index contributed by atoms with van der Waals surface area (Å²) >= 11 is 0. The highest BCUT2D eigenvalue weighted by molar-refractivity contribution is 6.05. The molecule has 2 N–H and O–H groups in total. The Morgan fingerprint density at radius 2 is 1.83 bits per heavy atom. The fourth-order valence-corrected chi connectivity index (χ4v) is 6.41. The molecule has 2 aliphatic rings. The molecule has 0 saturated carbocycles. The van der Waals surface area contributed by atoms with E-state index in [0.717, 1.165) is 80.8 Å². The lowest BCUT2D eigenvalue weighted by Crippen LogP contribution is -2.41. The van der Waals surface area contributed by atoms with Gasteiger partial charge in [0.2, 0.25) is 0 Å². The van der Waals surface area contributed by atoms with E-state index in [1.165, 1.54) is 12.8 Å². The summed E-state index contributed by atoms with van der Waals surface area (Å²) in [5, 5.41) is 7.67. The van der Waals surface area contributed by atoms with Crippen molar-refractivity contribution in [2.45, 2.75) is 91.0 Å². The molecule has 6 rings (SSSR count). The monoisotopic (exact) mass is 626 g/mol. The molecule has 46 heavy (non-hydrogen) atoms. The lowest BCUT2D eigenvalue weighted by atomic mass is 9.92. The number of carbonyl (C=O) groups is 2. The Kier molecular flexibility index (Phi) is 9.39. The van der Waals surface area contributed by atoms with Gasteiger partial charge in [-0.05, 0) is 109 Å². The minimum Gasteiger partial charge on any atom is -0.444 e. The summed E-state index contributed by atoms with van der Waals surface area (Å²) in [6, 6.07) is 13.7. The maximum atomic E-state index is 13.0. The Morgan fingerprint density at radius 3 is 2.54 bits per heavy atom. The normalized spacial score (nSPS) is 17.9. The quantitative estimate of drug-likeness (QED) is 0.218. The molecule has 1 atom stereocenters. The molecule has 2 aromatic carbocycles. The van der Waals surface area contributed by atoms with Gasteiger partial charge in [0, 0.05) is 42.5 Å². The zero-order valence-corrected chi connectivity index (χ0v) is 27.5. The van der Waals surface area contributed by atoms with Crippen molar-refractivity contribution in [2.75, 3.05) is 25.0 Å². The van der Waals surface area contributed by atoms with Crippen LogP contribution in [0.2, 0.25) is 0 Å². The highest BCUT2D eigenvalue weighted by Gasteiger charge is 2.27. The van der Waals surface area contributed by atoms with E-state index < -0.39 is 5.60 Å². The Bertz CT molecular complexity index is 1650. The number of nitrogens with zero attached hydrogens (tertiary/aromatic N) is 6. The molecule has 0 unspecified atom stereocenters. The minimum absolute atomic E-state index is 0.178. The summed E-state index contributed by atoms with van der Waals surface area (Å²) in [5.41, 5.74) is 3.49. The van der Waals surface area contributed by atoms with Gasteiger partial charge in [0.25, 0.3) is 5.91 Å². The number of ether oxygens (including phenoxy) is 1. The summed E-state index contributed by atoms with van der Waals surface area (Å²) in [5.74, 6) is 2.02. The number of nitrogens with one attached hydrogen (secondary N) is 2. The van der Waals surface area contributed by atoms with Crippen molar-refractivity contribution < 1.29 is 14.3 Å².